The first-order valence-corrected chi connectivity index (χ1v) is 29.2. The highest BCUT2D eigenvalue weighted by molar-refractivity contribution is 7.93. The molecule has 1 N–H and O–H groups in total. The van der Waals surface area contributed by atoms with Crippen molar-refractivity contribution in [3.63, 3.8) is 0 Å². The molecule has 0 spiro atoms. The van der Waals surface area contributed by atoms with E-state index in [0.29, 0.717) is 94.5 Å². The van der Waals surface area contributed by atoms with Crippen LogP contribution in [0.2, 0.25) is 10.0 Å². The van der Waals surface area contributed by atoms with Crippen molar-refractivity contribution < 1.29 is 48.0 Å². The van der Waals surface area contributed by atoms with Crippen LogP contribution in [0.15, 0.2) is 106 Å². The third-order valence-electron chi connectivity index (χ3n) is 14.8. The minimum Gasteiger partial charge on any atom is -0.415 e. The van der Waals surface area contributed by atoms with Gasteiger partial charge in [0.1, 0.15) is 0 Å². The van der Waals surface area contributed by atoms with Gasteiger partial charge < -0.3 is 19.1 Å². The van der Waals surface area contributed by atoms with Crippen molar-refractivity contribution in [1.82, 2.24) is 40.4 Å². The molecule has 1 amide bonds. The van der Waals surface area contributed by atoms with Gasteiger partial charge >= 0.3 is 12.9 Å². The topological polar surface area (TPSA) is 191 Å². The number of alkyl halides is 4. The largest absolute Gasteiger partial charge is 0.415 e. The highest BCUT2D eigenvalue weighted by Crippen LogP contribution is 2.36. The van der Waals surface area contributed by atoms with Gasteiger partial charge in [-0.3, -0.25) is 23.2 Å². The van der Waals surface area contributed by atoms with E-state index < -0.39 is 55.2 Å². The van der Waals surface area contributed by atoms with Crippen LogP contribution in [-0.2, 0) is 37.9 Å². The number of anilines is 2. The summed E-state index contributed by atoms with van der Waals surface area (Å²) >= 11 is 12.4. The van der Waals surface area contributed by atoms with E-state index in [0.717, 1.165) is 52.1 Å². The fourth-order valence-electron chi connectivity index (χ4n) is 10.1. The van der Waals surface area contributed by atoms with Crippen LogP contribution in [0.25, 0.3) is 22.9 Å². The molecule has 77 heavy (non-hydrogen) atoms. The van der Waals surface area contributed by atoms with Crippen LogP contribution in [0.3, 0.4) is 0 Å². The number of rotatable bonds is 17. The third kappa shape index (κ3) is 12.6. The first-order chi connectivity index (χ1) is 37.0. The molecular weight excluding hydrogens is 1090 g/mol. The van der Waals surface area contributed by atoms with Crippen molar-refractivity contribution in [2.45, 2.75) is 87.0 Å². The van der Waals surface area contributed by atoms with Gasteiger partial charge in [0.15, 0.2) is 0 Å². The molecule has 5 aliphatic rings. The number of benzene rings is 4. The first kappa shape index (κ1) is 54.7. The number of piperidine rings is 2. The normalized spacial score (nSPS) is 18.5. The molecule has 2 aromatic heterocycles. The second kappa shape index (κ2) is 23.3. The fraction of sp³-hybridized carbons (Fsp3) is 0.442. The molecule has 0 bridgehead atoms. The van der Waals surface area contributed by atoms with E-state index in [-0.39, 0.29) is 36.7 Å². The van der Waals surface area contributed by atoms with Crippen LogP contribution in [0.4, 0.5) is 28.9 Å². The Morgan fingerprint density at radius 3 is 1.36 bits per heavy atom. The number of hydrogen-bond donors (Lipinski definition) is 1. The Bertz CT molecular complexity index is 3220. The molecule has 1 aliphatic carbocycles. The smallest absolute Gasteiger partial charge is 0.314 e. The summed E-state index contributed by atoms with van der Waals surface area (Å²) in [4.78, 5) is 18.9. The Hall–Kier alpha value is -5.69. The molecule has 1 saturated carbocycles. The second-order valence-corrected chi connectivity index (χ2v) is 25.1. The van der Waals surface area contributed by atoms with E-state index in [4.69, 9.17) is 32.0 Å². The van der Waals surface area contributed by atoms with Crippen molar-refractivity contribution in [3.05, 3.63) is 130 Å². The number of sulfonamides is 2. The molecule has 11 rings (SSSR count). The molecule has 0 radical (unpaired) electrons. The summed E-state index contributed by atoms with van der Waals surface area (Å²) in [6.45, 7) is 6.33. The van der Waals surface area contributed by atoms with Crippen molar-refractivity contribution >= 4 is 60.5 Å². The molecule has 5 fully saturated rings. The van der Waals surface area contributed by atoms with Gasteiger partial charge in [-0.1, -0.05) is 59.6 Å². The summed E-state index contributed by atoms with van der Waals surface area (Å²) in [7, 11) is -7.46. The van der Waals surface area contributed by atoms with Gasteiger partial charge in [-0.2, -0.15) is 17.6 Å². The van der Waals surface area contributed by atoms with Gasteiger partial charge in [0.25, 0.3) is 11.8 Å². The van der Waals surface area contributed by atoms with E-state index in [1.54, 1.807) is 97.1 Å². The molecule has 4 aromatic carbocycles. The molecule has 0 unspecified atom stereocenters. The van der Waals surface area contributed by atoms with Gasteiger partial charge in [0.05, 0.1) is 35.0 Å². The lowest BCUT2D eigenvalue weighted by Crippen LogP contribution is -2.63. The maximum absolute atomic E-state index is 14.0. The van der Waals surface area contributed by atoms with Crippen molar-refractivity contribution in [2.75, 3.05) is 61.0 Å². The molecule has 17 nitrogen and oxygen atoms in total. The van der Waals surface area contributed by atoms with E-state index >= 15 is 0 Å². The number of halogens is 6. The lowest BCUT2D eigenvalue weighted by molar-refractivity contribution is -0.140. The maximum Gasteiger partial charge on any atom is 0.314 e. The first-order valence-electron chi connectivity index (χ1n) is 25.4. The van der Waals surface area contributed by atoms with Crippen LogP contribution in [0.5, 0.6) is 0 Å². The number of nitrogens with zero attached hydrogens (tertiary/aromatic N) is 9. The number of amides is 1. The lowest BCUT2D eigenvalue weighted by Gasteiger charge is -2.48. The summed E-state index contributed by atoms with van der Waals surface area (Å²) < 4.78 is 120. The average Bonchev–Trinajstić information content (AvgIpc) is 3.90. The highest BCUT2D eigenvalue weighted by atomic mass is 35.5. The molecule has 4 aliphatic heterocycles. The van der Waals surface area contributed by atoms with E-state index in [2.05, 4.69) is 35.5 Å². The van der Waals surface area contributed by atoms with Crippen LogP contribution in [0, 0.1) is 5.92 Å². The molecule has 6 aromatic rings. The van der Waals surface area contributed by atoms with Crippen molar-refractivity contribution in [1.29, 1.82) is 0 Å². The number of likely N-dealkylation sites (tertiary alicyclic amines) is 3. The zero-order valence-electron chi connectivity index (χ0n) is 41.6. The van der Waals surface area contributed by atoms with Crippen LogP contribution in [-0.4, -0.2) is 133 Å². The molecule has 6 heterocycles. The number of carbonyl (C=O) groups excluding carboxylic acids is 1. The Morgan fingerprint density at radius 2 is 1.01 bits per heavy atom. The maximum atomic E-state index is 14.0. The summed E-state index contributed by atoms with van der Waals surface area (Å²) in [6, 6.07) is 27.8. The second-order valence-electron chi connectivity index (χ2n) is 19.9. The summed E-state index contributed by atoms with van der Waals surface area (Å²) in [6.07, 6.45) is -1.59. The van der Waals surface area contributed by atoms with E-state index in [9.17, 15) is 39.2 Å². The summed E-state index contributed by atoms with van der Waals surface area (Å²) in [5.41, 5.74) is 3.29. The summed E-state index contributed by atoms with van der Waals surface area (Å²) in [5, 5.41) is 17.1. The standard InChI is InChI=1S/C28H30ClF2N5O4S.C24H26ClF2N5O3S/c29-21-2-1-3-22(14-21)36(15-18-4-6-19(7-5-18)26-32-33-27(40-26)25(30)31)41(38,39)24-10-12-34(13-11-24)23-16-35(17-23)28(37)20-8-9-20;25-18-2-1-3-19(12-18)32(36(33,34)21-8-10-31(11-9-21)20-13-28-14-20)15-16-4-6-17(7-5-16)23-29-30-24(35-23)22(26)27/h1-7,14,20,23-25H,8-13,15-17H2;1-7,12,20-22,28H,8-11,13-15H2. The molecular formula is C52H56Cl2F4N10O7S2. The summed E-state index contributed by atoms with van der Waals surface area (Å²) in [5.74, 6) is -1.08. The van der Waals surface area contributed by atoms with Gasteiger partial charge in [0.2, 0.25) is 37.7 Å². The Morgan fingerprint density at radius 1 is 0.597 bits per heavy atom. The van der Waals surface area contributed by atoms with Crippen molar-refractivity contribution in [3.8, 4) is 22.9 Å². The third-order valence-corrected chi connectivity index (χ3v) is 19.8. The average molecular weight is 1140 g/mol. The van der Waals surface area contributed by atoms with Gasteiger partial charge in [-0.25, -0.2) is 16.8 Å². The Labute approximate surface area is 453 Å². The lowest BCUT2D eigenvalue weighted by atomic mass is 10.0. The number of aromatic nitrogens is 4. The van der Waals surface area contributed by atoms with Gasteiger partial charge in [0, 0.05) is 65.4 Å². The number of carbonyl (C=O) groups is 1. The zero-order chi connectivity index (χ0) is 54.0. The van der Waals surface area contributed by atoms with Crippen LogP contribution < -0.4 is 13.9 Å². The minimum absolute atomic E-state index is 0.0235. The van der Waals surface area contributed by atoms with Gasteiger partial charge in [-0.05, 0) is 136 Å². The quantitative estimate of drug-likeness (QED) is 0.0852. The van der Waals surface area contributed by atoms with Crippen LogP contribution in [0.1, 0.15) is 74.3 Å². The van der Waals surface area contributed by atoms with E-state index in [1.807, 2.05) is 4.90 Å². The molecule has 4 saturated heterocycles. The molecule has 25 heteroatoms. The van der Waals surface area contributed by atoms with Crippen LogP contribution >= 0.6 is 23.2 Å². The molecule has 0 atom stereocenters. The minimum atomic E-state index is -3.77. The van der Waals surface area contributed by atoms with Gasteiger partial charge in [-0.15, -0.1) is 20.4 Å². The number of nitrogens with one attached hydrogen (secondary N) is 1. The number of hydrogen-bond acceptors (Lipinski definition) is 14. The zero-order valence-corrected chi connectivity index (χ0v) is 44.7. The predicted molar refractivity (Wildman–Crippen MR) is 281 cm³/mol. The predicted octanol–water partition coefficient (Wildman–Crippen LogP) is 8.85. The highest BCUT2D eigenvalue weighted by Gasteiger charge is 2.44. The SMILES string of the molecule is O=C(C1CC1)N1CC(N2CCC(S(=O)(=O)N(Cc3ccc(-c4nnc(C(F)F)o4)cc3)c3cccc(Cl)c3)CC2)C1.O=S(=O)(C1CCN(C2CNC2)CC1)N(Cc1ccc(-c2nnc(C(F)F)o2)cc1)c1cccc(Cl)c1. The monoisotopic (exact) mass is 1140 g/mol. The van der Waals surface area contributed by atoms with E-state index in [1.165, 1.54) is 8.61 Å². The fourth-order valence-corrected chi connectivity index (χ4v) is 14.2. The van der Waals surface area contributed by atoms with Crippen molar-refractivity contribution in [2.24, 2.45) is 5.92 Å². The Kier molecular flexibility index (Phi) is 16.6. The molecule has 410 valence electrons. The Balaban J connectivity index is 0.000000176.